The minimum Gasteiger partial charge on any atom is -0.496 e. The van der Waals surface area contributed by atoms with E-state index >= 15 is 0 Å². The van der Waals surface area contributed by atoms with Crippen LogP contribution in [-0.4, -0.2) is 29.4 Å². The normalized spacial score (nSPS) is 11.3. The number of ether oxygens (including phenoxy) is 1. The third-order valence-corrected chi connectivity index (χ3v) is 4.36. The number of nitrogens with one attached hydrogen (secondary N) is 2. The number of aromatic nitrogens is 2. The summed E-state index contributed by atoms with van der Waals surface area (Å²) in [6.07, 6.45) is 3.70. The van der Waals surface area contributed by atoms with Gasteiger partial charge in [-0.25, -0.2) is 9.67 Å². The predicted octanol–water partition coefficient (Wildman–Crippen LogP) is 3.44. The third-order valence-electron chi connectivity index (χ3n) is 4.36. The fourth-order valence-corrected chi connectivity index (χ4v) is 2.86. The van der Waals surface area contributed by atoms with E-state index in [9.17, 15) is 0 Å². The largest absolute Gasteiger partial charge is 0.496 e. The molecule has 3 rings (SSSR count). The van der Waals surface area contributed by atoms with Crippen LogP contribution >= 0.6 is 0 Å². The summed E-state index contributed by atoms with van der Waals surface area (Å²) in [7, 11) is 1.70. The molecule has 0 aliphatic rings. The number of aryl methyl sites for hydroxylation is 1. The minimum atomic E-state index is 0.597. The van der Waals surface area contributed by atoms with Crippen molar-refractivity contribution < 1.29 is 4.74 Å². The maximum Gasteiger partial charge on any atom is 0.191 e. The summed E-state index contributed by atoms with van der Waals surface area (Å²) in [6, 6.07) is 16.4. The second kappa shape index (κ2) is 9.60. The third kappa shape index (κ3) is 5.13. The van der Waals surface area contributed by atoms with Gasteiger partial charge in [0.2, 0.25) is 0 Å². The number of hydrogen-bond donors (Lipinski definition) is 2. The molecule has 0 aliphatic heterocycles. The Morgan fingerprint density at radius 2 is 1.96 bits per heavy atom. The second-order valence-corrected chi connectivity index (χ2v) is 6.48. The predicted molar refractivity (Wildman–Crippen MR) is 113 cm³/mol. The molecular formula is C22H27N5O. The summed E-state index contributed by atoms with van der Waals surface area (Å²) in [5.41, 5.74) is 4.46. The van der Waals surface area contributed by atoms with Gasteiger partial charge < -0.3 is 15.4 Å². The van der Waals surface area contributed by atoms with E-state index in [4.69, 9.17) is 9.73 Å². The van der Waals surface area contributed by atoms with Gasteiger partial charge in [-0.3, -0.25) is 0 Å². The maximum atomic E-state index is 5.48. The summed E-state index contributed by atoms with van der Waals surface area (Å²) in [6.45, 7) is 6.16. The van der Waals surface area contributed by atoms with Gasteiger partial charge in [0.25, 0.3) is 0 Å². The van der Waals surface area contributed by atoms with Crippen LogP contribution in [0.4, 0.5) is 0 Å². The molecule has 0 fully saturated rings. The van der Waals surface area contributed by atoms with Crippen LogP contribution in [0.1, 0.15) is 23.6 Å². The Labute approximate surface area is 166 Å². The second-order valence-electron chi connectivity index (χ2n) is 6.48. The molecule has 0 saturated heterocycles. The molecule has 0 saturated carbocycles. The molecule has 0 radical (unpaired) electrons. The molecule has 0 amide bonds. The van der Waals surface area contributed by atoms with Crippen molar-refractivity contribution in [2.24, 2.45) is 4.99 Å². The Morgan fingerprint density at radius 1 is 1.14 bits per heavy atom. The SMILES string of the molecule is CCNC(=NCc1ccc(-n2cccn2)cc1)NCc1ccc(C)cc1OC. The molecule has 0 aliphatic carbocycles. The van der Waals surface area contributed by atoms with E-state index in [1.54, 1.807) is 13.3 Å². The first kappa shape index (κ1) is 19.5. The summed E-state index contributed by atoms with van der Waals surface area (Å²) >= 11 is 0. The molecule has 6 heteroatoms. The number of nitrogens with zero attached hydrogens (tertiary/aromatic N) is 3. The molecule has 2 N–H and O–H groups in total. The van der Waals surface area contributed by atoms with Crippen molar-refractivity contribution in [3.05, 3.63) is 77.6 Å². The molecular weight excluding hydrogens is 350 g/mol. The standard InChI is InChI=1S/C22H27N5O/c1-4-23-22(25-16-19-9-6-17(2)14-21(19)28-3)24-15-18-7-10-20(11-8-18)27-13-5-12-26-27/h5-14H,4,15-16H2,1-3H3,(H2,23,24,25). The lowest BCUT2D eigenvalue weighted by atomic mass is 10.1. The van der Waals surface area contributed by atoms with Crippen molar-refractivity contribution in [2.75, 3.05) is 13.7 Å². The first-order valence-electron chi connectivity index (χ1n) is 9.44. The molecule has 0 unspecified atom stereocenters. The maximum absolute atomic E-state index is 5.48. The zero-order valence-electron chi connectivity index (χ0n) is 16.6. The van der Waals surface area contributed by atoms with Gasteiger partial charge in [0, 0.05) is 31.0 Å². The Kier molecular flexibility index (Phi) is 6.68. The van der Waals surface area contributed by atoms with Crippen LogP contribution in [0.15, 0.2) is 65.9 Å². The molecule has 1 aromatic heterocycles. The highest BCUT2D eigenvalue weighted by molar-refractivity contribution is 5.79. The Bertz CT molecular complexity index is 901. The fraction of sp³-hybridized carbons (Fsp3) is 0.273. The van der Waals surface area contributed by atoms with Crippen LogP contribution in [0, 0.1) is 6.92 Å². The van der Waals surface area contributed by atoms with Crippen LogP contribution in [0.5, 0.6) is 5.75 Å². The van der Waals surface area contributed by atoms with Crippen molar-refractivity contribution >= 4 is 5.96 Å². The zero-order chi connectivity index (χ0) is 19.8. The van der Waals surface area contributed by atoms with Crippen molar-refractivity contribution in [3.8, 4) is 11.4 Å². The van der Waals surface area contributed by atoms with Gasteiger partial charge >= 0.3 is 0 Å². The van der Waals surface area contributed by atoms with Crippen molar-refractivity contribution in [3.63, 3.8) is 0 Å². The average Bonchev–Trinajstić information content (AvgIpc) is 3.26. The number of guanidine groups is 1. The number of hydrogen-bond acceptors (Lipinski definition) is 3. The van der Waals surface area contributed by atoms with Gasteiger partial charge in [-0.15, -0.1) is 0 Å². The Balaban J connectivity index is 1.64. The molecule has 1 heterocycles. The highest BCUT2D eigenvalue weighted by Crippen LogP contribution is 2.19. The molecule has 0 atom stereocenters. The van der Waals surface area contributed by atoms with E-state index in [0.29, 0.717) is 13.1 Å². The molecule has 6 nitrogen and oxygen atoms in total. The van der Waals surface area contributed by atoms with Gasteiger partial charge in [0.15, 0.2) is 5.96 Å². The van der Waals surface area contributed by atoms with E-state index in [0.717, 1.165) is 35.1 Å². The monoisotopic (exact) mass is 377 g/mol. The van der Waals surface area contributed by atoms with E-state index in [1.165, 1.54) is 5.56 Å². The minimum absolute atomic E-state index is 0.597. The molecule has 28 heavy (non-hydrogen) atoms. The molecule has 3 aromatic rings. The van der Waals surface area contributed by atoms with Gasteiger partial charge in [0.05, 0.1) is 19.3 Å². The van der Waals surface area contributed by atoms with E-state index in [1.807, 2.05) is 23.0 Å². The quantitative estimate of drug-likeness (QED) is 0.489. The van der Waals surface area contributed by atoms with Crippen LogP contribution in [0.25, 0.3) is 5.69 Å². The summed E-state index contributed by atoms with van der Waals surface area (Å²) < 4.78 is 7.32. The molecule has 0 bridgehead atoms. The van der Waals surface area contributed by atoms with Crippen LogP contribution < -0.4 is 15.4 Å². The first-order chi connectivity index (χ1) is 13.7. The Morgan fingerprint density at radius 3 is 2.64 bits per heavy atom. The van der Waals surface area contributed by atoms with Crippen molar-refractivity contribution in [1.82, 2.24) is 20.4 Å². The number of rotatable bonds is 7. The topological polar surface area (TPSA) is 63.5 Å². The summed E-state index contributed by atoms with van der Waals surface area (Å²) in [5.74, 6) is 1.67. The van der Waals surface area contributed by atoms with Gasteiger partial charge in [-0.2, -0.15) is 5.10 Å². The number of methoxy groups -OCH3 is 1. The lowest BCUT2D eigenvalue weighted by molar-refractivity contribution is 0.408. The highest BCUT2D eigenvalue weighted by Gasteiger charge is 2.05. The van der Waals surface area contributed by atoms with Gasteiger partial charge in [0.1, 0.15) is 5.75 Å². The van der Waals surface area contributed by atoms with E-state index < -0.39 is 0 Å². The Hall–Kier alpha value is -3.28. The lowest BCUT2D eigenvalue weighted by Gasteiger charge is -2.14. The average molecular weight is 377 g/mol. The van der Waals surface area contributed by atoms with E-state index in [-0.39, 0.29) is 0 Å². The van der Waals surface area contributed by atoms with Crippen molar-refractivity contribution in [1.29, 1.82) is 0 Å². The van der Waals surface area contributed by atoms with Crippen LogP contribution in [0.3, 0.4) is 0 Å². The molecule has 2 aromatic carbocycles. The van der Waals surface area contributed by atoms with Crippen LogP contribution in [-0.2, 0) is 13.1 Å². The number of aliphatic imine (C=N–C) groups is 1. The van der Waals surface area contributed by atoms with Crippen LogP contribution in [0.2, 0.25) is 0 Å². The smallest absolute Gasteiger partial charge is 0.191 e. The number of benzene rings is 2. The molecule has 0 spiro atoms. The first-order valence-corrected chi connectivity index (χ1v) is 9.44. The zero-order valence-corrected chi connectivity index (χ0v) is 16.6. The van der Waals surface area contributed by atoms with E-state index in [2.05, 4.69) is 66.0 Å². The molecule has 146 valence electrons. The lowest BCUT2D eigenvalue weighted by Crippen LogP contribution is -2.36. The van der Waals surface area contributed by atoms with Gasteiger partial charge in [-0.1, -0.05) is 24.3 Å². The van der Waals surface area contributed by atoms with Gasteiger partial charge in [-0.05, 0) is 49.2 Å². The summed E-state index contributed by atoms with van der Waals surface area (Å²) in [4.78, 5) is 4.70. The fourth-order valence-electron chi connectivity index (χ4n) is 2.86. The highest BCUT2D eigenvalue weighted by atomic mass is 16.5. The van der Waals surface area contributed by atoms with Crippen molar-refractivity contribution in [2.45, 2.75) is 26.9 Å². The summed E-state index contributed by atoms with van der Waals surface area (Å²) in [5, 5.41) is 10.9.